The van der Waals surface area contributed by atoms with Crippen LogP contribution >= 0.6 is 11.8 Å². The zero-order valence-corrected chi connectivity index (χ0v) is 17.9. The van der Waals surface area contributed by atoms with Crippen molar-refractivity contribution in [1.29, 1.82) is 0 Å². The van der Waals surface area contributed by atoms with Crippen LogP contribution in [0.4, 0.5) is 11.4 Å². The van der Waals surface area contributed by atoms with Gasteiger partial charge >= 0.3 is 0 Å². The number of hydrogen-bond acceptors (Lipinski definition) is 3. The number of para-hydroxylation sites is 2. The SMILES string of the molecule is CC(C)c1ccccc1N1C(=O)CSC1c1ccccc1NC(=O)C1CCCC1. The maximum Gasteiger partial charge on any atom is 0.238 e. The topological polar surface area (TPSA) is 49.4 Å². The number of rotatable bonds is 5. The van der Waals surface area contributed by atoms with Gasteiger partial charge in [0.2, 0.25) is 11.8 Å². The van der Waals surface area contributed by atoms with E-state index < -0.39 is 0 Å². The minimum absolute atomic E-state index is 0.110. The van der Waals surface area contributed by atoms with Gasteiger partial charge < -0.3 is 5.32 Å². The van der Waals surface area contributed by atoms with E-state index in [1.165, 1.54) is 5.56 Å². The summed E-state index contributed by atoms with van der Waals surface area (Å²) in [6.07, 6.45) is 4.20. The van der Waals surface area contributed by atoms with E-state index in [1.807, 2.05) is 47.4 Å². The molecule has 1 saturated heterocycles. The number of carbonyl (C=O) groups excluding carboxylic acids is 2. The van der Waals surface area contributed by atoms with Crippen LogP contribution in [0.1, 0.15) is 61.9 Å². The van der Waals surface area contributed by atoms with Gasteiger partial charge in [0, 0.05) is 22.9 Å². The minimum atomic E-state index is -0.137. The van der Waals surface area contributed by atoms with Crippen molar-refractivity contribution in [2.24, 2.45) is 5.92 Å². The third-order valence-electron chi connectivity index (χ3n) is 5.90. The summed E-state index contributed by atoms with van der Waals surface area (Å²) in [6.45, 7) is 4.30. The second-order valence-electron chi connectivity index (χ2n) is 8.20. The Balaban J connectivity index is 1.67. The average Bonchev–Trinajstić information content (AvgIpc) is 3.38. The van der Waals surface area contributed by atoms with Crippen LogP contribution in [0.15, 0.2) is 48.5 Å². The first-order valence-corrected chi connectivity index (χ1v) is 11.5. The highest BCUT2D eigenvalue weighted by Crippen LogP contribution is 2.46. The maximum absolute atomic E-state index is 12.9. The van der Waals surface area contributed by atoms with Crippen molar-refractivity contribution in [3.05, 3.63) is 59.7 Å². The third kappa shape index (κ3) is 4.06. The van der Waals surface area contributed by atoms with Crippen molar-refractivity contribution in [1.82, 2.24) is 0 Å². The average molecular weight is 409 g/mol. The van der Waals surface area contributed by atoms with Crippen LogP contribution in [0.2, 0.25) is 0 Å². The van der Waals surface area contributed by atoms with Gasteiger partial charge in [0.25, 0.3) is 0 Å². The van der Waals surface area contributed by atoms with Crippen LogP contribution in [0.3, 0.4) is 0 Å². The largest absolute Gasteiger partial charge is 0.325 e. The van der Waals surface area contributed by atoms with E-state index in [2.05, 4.69) is 25.2 Å². The zero-order valence-electron chi connectivity index (χ0n) is 17.1. The van der Waals surface area contributed by atoms with Gasteiger partial charge in [0.15, 0.2) is 0 Å². The predicted octanol–water partition coefficient (Wildman–Crippen LogP) is 5.72. The van der Waals surface area contributed by atoms with E-state index in [9.17, 15) is 9.59 Å². The molecule has 1 atom stereocenters. The number of benzene rings is 2. The number of carbonyl (C=O) groups is 2. The van der Waals surface area contributed by atoms with Crippen molar-refractivity contribution in [2.45, 2.75) is 50.8 Å². The molecule has 0 radical (unpaired) electrons. The van der Waals surface area contributed by atoms with Crippen LogP contribution in [0, 0.1) is 5.92 Å². The number of thioether (sulfide) groups is 1. The lowest BCUT2D eigenvalue weighted by molar-refractivity contribution is -0.119. The van der Waals surface area contributed by atoms with Crippen LogP contribution in [-0.4, -0.2) is 17.6 Å². The van der Waals surface area contributed by atoms with E-state index in [1.54, 1.807) is 11.8 Å². The molecule has 1 aliphatic carbocycles. The van der Waals surface area contributed by atoms with E-state index in [0.29, 0.717) is 11.7 Å². The van der Waals surface area contributed by atoms with Gasteiger partial charge in [-0.15, -0.1) is 11.8 Å². The molecule has 2 aromatic rings. The molecule has 2 amide bonds. The van der Waals surface area contributed by atoms with Gasteiger partial charge in [-0.3, -0.25) is 14.5 Å². The first kappa shape index (κ1) is 20.0. The Morgan fingerprint density at radius 2 is 1.76 bits per heavy atom. The molecule has 2 fully saturated rings. The smallest absolute Gasteiger partial charge is 0.238 e. The second-order valence-corrected chi connectivity index (χ2v) is 9.27. The quantitative estimate of drug-likeness (QED) is 0.689. The van der Waals surface area contributed by atoms with Crippen LogP contribution < -0.4 is 10.2 Å². The monoisotopic (exact) mass is 408 g/mol. The summed E-state index contributed by atoms with van der Waals surface area (Å²) >= 11 is 1.63. The summed E-state index contributed by atoms with van der Waals surface area (Å²) in [5.74, 6) is 1.10. The summed E-state index contributed by atoms with van der Waals surface area (Å²) in [4.78, 5) is 27.6. The second kappa shape index (κ2) is 8.62. The summed E-state index contributed by atoms with van der Waals surface area (Å²) in [6, 6.07) is 16.1. The minimum Gasteiger partial charge on any atom is -0.325 e. The van der Waals surface area contributed by atoms with Gasteiger partial charge in [-0.1, -0.05) is 63.1 Å². The molecule has 2 aliphatic rings. The lowest BCUT2D eigenvalue weighted by Crippen LogP contribution is -2.30. The van der Waals surface area contributed by atoms with Crippen molar-refractivity contribution in [2.75, 3.05) is 16.0 Å². The highest BCUT2D eigenvalue weighted by Gasteiger charge is 2.37. The molecule has 4 nitrogen and oxygen atoms in total. The number of nitrogens with one attached hydrogen (secondary N) is 1. The van der Waals surface area contributed by atoms with Gasteiger partial charge in [-0.05, 0) is 36.5 Å². The number of hydrogen-bond donors (Lipinski definition) is 1. The first-order valence-electron chi connectivity index (χ1n) is 10.5. The molecule has 1 saturated carbocycles. The molecule has 1 unspecified atom stereocenters. The molecule has 152 valence electrons. The van der Waals surface area contributed by atoms with E-state index >= 15 is 0 Å². The van der Waals surface area contributed by atoms with E-state index in [-0.39, 0.29) is 23.1 Å². The molecule has 1 aliphatic heterocycles. The number of anilines is 2. The summed E-state index contributed by atoms with van der Waals surface area (Å²) in [5.41, 5.74) is 3.96. The molecule has 0 aromatic heterocycles. The Labute approximate surface area is 177 Å². The standard InChI is InChI=1S/C24H28N2O2S/c1-16(2)18-11-6-8-14-21(18)26-22(27)15-29-24(26)19-12-5-7-13-20(19)25-23(28)17-9-3-4-10-17/h5-8,11-14,16-17,24H,3-4,9-10,15H2,1-2H3,(H,25,28). The van der Waals surface area contributed by atoms with Crippen LogP contribution in [0.25, 0.3) is 0 Å². The Bertz CT molecular complexity index is 905. The van der Waals surface area contributed by atoms with Crippen LogP contribution in [0.5, 0.6) is 0 Å². The van der Waals surface area contributed by atoms with Crippen molar-refractivity contribution in [3.8, 4) is 0 Å². The third-order valence-corrected chi connectivity index (χ3v) is 7.09. The van der Waals surface area contributed by atoms with Crippen LogP contribution in [-0.2, 0) is 9.59 Å². The van der Waals surface area contributed by atoms with Gasteiger partial charge in [-0.25, -0.2) is 0 Å². The molecule has 1 heterocycles. The van der Waals surface area contributed by atoms with Crippen molar-refractivity contribution in [3.63, 3.8) is 0 Å². The lowest BCUT2D eigenvalue weighted by Gasteiger charge is -2.29. The Hall–Kier alpha value is -2.27. The summed E-state index contributed by atoms with van der Waals surface area (Å²) in [5, 5.41) is 3.03. The fraction of sp³-hybridized carbons (Fsp3) is 0.417. The van der Waals surface area contributed by atoms with Gasteiger partial charge in [0.05, 0.1) is 5.75 Å². The number of amides is 2. The molecule has 2 aromatic carbocycles. The summed E-state index contributed by atoms with van der Waals surface area (Å²) in [7, 11) is 0. The highest BCUT2D eigenvalue weighted by molar-refractivity contribution is 8.00. The van der Waals surface area contributed by atoms with Gasteiger partial charge in [-0.2, -0.15) is 0 Å². The molecule has 4 rings (SSSR count). The first-order chi connectivity index (χ1) is 14.1. The lowest BCUT2D eigenvalue weighted by atomic mass is 9.99. The Morgan fingerprint density at radius 1 is 1.07 bits per heavy atom. The van der Waals surface area contributed by atoms with Crippen molar-refractivity contribution >= 4 is 35.0 Å². The fourth-order valence-corrected chi connectivity index (χ4v) is 5.56. The molecule has 1 N–H and O–H groups in total. The number of nitrogens with zero attached hydrogens (tertiary/aromatic N) is 1. The Kier molecular flexibility index (Phi) is 5.95. The van der Waals surface area contributed by atoms with Gasteiger partial charge in [0.1, 0.15) is 5.37 Å². The molecule has 0 spiro atoms. The molecular weight excluding hydrogens is 380 g/mol. The molecule has 5 heteroatoms. The molecular formula is C24H28N2O2S. The predicted molar refractivity (Wildman–Crippen MR) is 120 cm³/mol. The fourth-order valence-electron chi connectivity index (χ4n) is 4.36. The van der Waals surface area contributed by atoms with E-state index in [4.69, 9.17) is 0 Å². The van der Waals surface area contributed by atoms with E-state index in [0.717, 1.165) is 42.6 Å². The summed E-state index contributed by atoms with van der Waals surface area (Å²) < 4.78 is 0. The normalized spacial score (nSPS) is 19.9. The maximum atomic E-state index is 12.9. The zero-order chi connectivity index (χ0) is 20.4. The highest BCUT2D eigenvalue weighted by atomic mass is 32.2. The Morgan fingerprint density at radius 3 is 2.52 bits per heavy atom. The molecule has 0 bridgehead atoms. The molecule has 29 heavy (non-hydrogen) atoms. The van der Waals surface area contributed by atoms with Crippen molar-refractivity contribution < 1.29 is 9.59 Å².